The van der Waals surface area contributed by atoms with Crippen molar-refractivity contribution >= 4 is 11.6 Å². The van der Waals surface area contributed by atoms with Crippen molar-refractivity contribution in [1.82, 2.24) is 15.3 Å². The van der Waals surface area contributed by atoms with E-state index in [1.807, 2.05) is 24.3 Å². The molecule has 2 aromatic rings. The van der Waals surface area contributed by atoms with Crippen molar-refractivity contribution < 1.29 is 0 Å². The van der Waals surface area contributed by atoms with E-state index >= 15 is 0 Å². The summed E-state index contributed by atoms with van der Waals surface area (Å²) in [6, 6.07) is 7.70. The molecule has 3 rings (SSSR count). The molecule has 1 fully saturated rings. The molecule has 0 aliphatic carbocycles. The summed E-state index contributed by atoms with van der Waals surface area (Å²) in [5.41, 5.74) is 4.45. The van der Waals surface area contributed by atoms with Gasteiger partial charge in [-0.25, -0.2) is 9.97 Å². The second kappa shape index (κ2) is 5.51. The van der Waals surface area contributed by atoms with Crippen LogP contribution in [0.15, 0.2) is 24.3 Å². The molecule has 0 bridgehead atoms. The maximum atomic E-state index is 6.05. The van der Waals surface area contributed by atoms with Crippen molar-refractivity contribution in [3.8, 4) is 11.4 Å². The van der Waals surface area contributed by atoms with Gasteiger partial charge in [0.25, 0.3) is 0 Å². The fourth-order valence-corrected chi connectivity index (χ4v) is 3.16. The Balaban J connectivity index is 2.03. The second-order valence-corrected chi connectivity index (χ2v) is 5.77. The van der Waals surface area contributed by atoms with Crippen molar-refractivity contribution in [2.45, 2.75) is 26.2 Å². The largest absolute Gasteiger partial charge is 0.316 e. The molecule has 1 unspecified atom stereocenters. The van der Waals surface area contributed by atoms with E-state index in [9.17, 15) is 0 Å². The zero-order chi connectivity index (χ0) is 14.1. The molecule has 0 spiro atoms. The second-order valence-electron chi connectivity index (χ2n) is 5.33. The highest BCUT2D eigenvalue weighted by Gasteiger charge is 2.22. The highest BCUT2D eigenvalue weighted by molar-refractivity contribution is 6.30. The first-order valence-corrected chi connectivity index (χ1v) is 7.35. The first-order valence-electron chi connectivity index (χ1n) is 6.97. The summed E-state index contributed by atoms with van der Waals surface area (Å²) < 4.78 is 0. The monoisotopic (exact) mass is 287 g/mol. The Kier molecular flexibility index (Phi) is 3.72. The Hall–Kier alpha value is -1.45. The van der Waals surface area contributed by atoms with E-state index in [1.165, 1.54) is 12.0 Å². The number of aromatic nitrogens is 2. The van der Waals surface area contributed by atoms with Crippen LogP contribution >= 0.6 is 11.6 Å². The van der Waals surface area contributed by atoms with E-state index < -0.39 is 0 Å². The third-order valence-electron chi connectivity index (χ3n) is 3.88. The van der Waals surface area contributed by atoms with Gasteiger partial charge in [0.05, 0.1) is 0 Å². The quantitative estimate of drug-likeness (QED) is 0.919. The third kappa shape index (κ3) is 2.56. The molecule has 1 N–H and O–H groups in total. The summed E-state index contributed by atoms with van der Waals surface area (Å²) in [5, 5.41) is 4.12. The van der Waals surface area contributed by atoms with E-state index in [0.717, 1.165) is 35.9 Å². The molecule has 1 aliphatic heterocycles. The number of hydrogen-bond donors (Lipinski definition) is 1. The highest BCUT2D eigenvalue weighted by Crippen LogP contribution is 2.29. The average Bonchev–Trinajstić information content (AvgIpc) is 2.91. The molecule has 104 valence electrons. The molecule has 4 heteroatoms. The standard InChI is InChI=1S/C16H18ClN3/c1-10-15(13-6-7-18-9-13)11(2)20-16(19-10)12-4-3-5-14(17)8-12/h3-5,8,13,18H,6-7,9H2,1-2H3. The van der Waals surface area contributed by atoms with Crippen molar-refractivity contribution in [2.75, 3.05) is 13.1 Å². The Morgan fingerprint density at radius 2 is 1.95 bits per heavy atom. The Morgan fingerprint density at radius 1 is 1.20 bits per heavy atom. The first-order chi connectivity index (χ1) is 9.65. The lowest BCUT2D eigenvalue weighted by Crippen LogP contribution is -2.12. The van der Waals surface area contributed by atoms with E-state index in [1.54, 1.807) is 0 Å². The van der Waals surface area contributed by atoms with Crippen LogP contribution in [0.5, 0.6) is 0 Å². The SMILES string of the molecule is Cc1nc(-c2cccc(Cl)c2)nc(C)c1C1CCNC1. The molecule has 1 aromatic carbocycles. The summed E-state index contributed by atoms with van der Waals surface area (Å²) in [6.45, 7) is 6.27. The van der Waals surface area contributed by atoms with Gasteiger partial charge in [-0.3, -0.25) is 0 Å². The Labute approximate surface area is 124 Å². The van der Waals surface area contributed by atoms with Gasteiger partial charge in [0.2, 0.25) is 0 Å². The molecule has 1 saturated heterocycles. The lowest BCUT2D eigenvalue weighted by molar-refractivity contribution is 0.734. The van der Waals surface area contributed by atoms with E-state index in [4.69, 9.17) is 21.6 Å². The molecule has 20 heavy (non-hydrogen) atoms. The fraction of sp³-hybridized carbons (Fsp3) is 0.375. The Bertz CT molecular complexity index is 610. The average molecular weight is 288 g/mol. The molecule has 1 atom stereocenters. The van der Waals surface area contributed by atoms with Gasteiger partial charge in [0.1, 0.15) is 0 Å². The number of hydrogen-bond acceptors (Lipinski definition) is 3. The van der Waals surface area contributed by atoms with Gasteiger partial charge in [-0.2, -0.15) is 0 Å². The van der Waals surface area contributed by atoms with Crippen LogP contribution in [0.4, 0.5) is 0 Å². The van der Waals surface area contributed by atoms with Crippen LogP contribution in [-0.4, -0.2) is 23.1 Å². The van der Waals surface area contributed by atoms with Crippen LogP contribution < -0.4 is 5.32 Å². The lowest BCUT2D eigenvalue weighted by atomic mass is 9.95. The molecule has 0 saturated carbocycles. The van der Waals surface area contributed by atoms with Crippen LogP contribution in [-0.2, 0) is 0 Å². The zero-order valence-electron chi connectivity index (χ0n) is 11.8. The van der Waals surface area contributed by atoms with Crippen LogP contribution in [0.2, 0.25) is 5.02 Å². The van der Waals surface area contributed by atoms with Gasteiger partial charge in [-0.05, 0) is 44.5 Å². The molecule has 1 aromatic heterocycles. The summed E-state index contributed by atoms with van der Waals surface area (Å²) in [4.78, 5) is 9.38. The van der Waals surface area contributed by atoms with Crippen LogP contribution in [0, 0.1) is 13.8 Å². The number of halogens is 1. The maximum Gasteiger partial charge on any atom is 0.159 e. The maximum absolute atomic E-state index is 6.05. The number of benzene rings is 1. The van der Waals surface area contributed by atoms with Gasteiger partial charge < -0.3 is 5.32 Å². The first kappa shape index (κ1) is 13.5. The van der Waals surface area contributed by atoms with E-state index in [2.05, 4.69) is 19.2 Å². The minimum Gasteiger partial charge on any atom is -0.316 e. The molecular formula is C16H18ClN3. The normalized spacial score (nSPS) is 18.4. The highest BCUT2D eigenvalue weighted by atomic mass is 35.5. The molecule has 0 radical (unpaired) electrons. The molecular weight excluding hydrogens is 270 g/mol. The van der Waals surface area contributed by atoms with Crippen molar-refractivity contribution in [3.63, 3.8) is 0 Å². The number of rotatable bonds is 2. The van der Waals surface area contributed by atoms with Gasteiger partial charge in [-0.1, -0.05) is 23.7 Å². The van der Waals surface area contributed by atoms with Gasteiger partial charge in [0.15, 0.2) is 5.82 Å². The topological polar surface area (TPSA) is 37.8 Å². The molecule has 3 nitrogen and oxygen atoms in total. The number of nitrogens with zero attached hydrogens (tertiary/aromatic N) is 2. The lowest BCUT2D eigenvalue weighted by Gasteiger charge is -2.15. The fourth-order valence-electron chi connectivity index (χ4n) is 2.97. The Morgan fingerprint density at radius 3 is 2.55 bits per heavy atom. The van der Waals surface area contributed by atoms with Gasteiger partial charge in [0, 0.05) is 34.4 Å². The van der Waals surface area contributed by atoms with Crippen molar-refractivity contribution in [2.24, 2.45) is 0 Å². The third-order valence-corrected chi connectivity index (χ3v) is 4.11. The van der Waals surface area contributed by atoms with Crippen LogP contribution in [0.3, 0.4) is 0 Å². The van der Waals surface area contributed by atoms with Crippen LogP contribution in [0.1, 0.15) is 29.3 Å². The molecule has 0 amide bonds. The predicted octanol–water partition coefficient (Wildman–Crippen LogP) is 3.49. The van der Waals surface area contributed by atoms with Gasteiger partial charge >= 0.3 is 0 Å². The van der Waals surface area contributed by atoms with E-state index in [-0.39, 0.29) is 0 Å². The summed E-state index contributed by atoms with van der Waals surface area (Å²) in [7, 11) is 0. The summed E-state index contributed by atoms with van der Waals surface area (Å²) >= 11 is 6.05. The van der Waals surface area contributed by atoms with Gasteiger partial charge in [-0.15, -0.1) is 0 Å². The van der Waals surface area contributed by atoms with E-state index in [0.29, 0.717) is 10.9 Å². The number of aryl methyl sites for hydroxylation is 2. The summed E-state index contributed by atoms with van der Waals surface area (Å²) in [5.74, 6) is 1.31. The molecule has 1 aliphatic rings. The zero-order valence-corrected chi connectivity index (χ0v) is 12.5. The predicted molar refractivity (Wildman–Crippen MR) is 82.2 cm³/mol. The summed E-state index contributed by atoms with van der Waals surface area (Å²) in [6.07, 6.45) is 1.17. The smallest absolute Gasteiger partial charge is 0.159 e. The number of nitrogens with one attached hydrogen (secondary N) is 1. The van der Waals surface area contributed by atoms with Crippen LogP contribution in [0.25, 0.3) is 11.4 Å². The van der Waals surface area contributed by atoms with Crippen molar-refractivity contribution in [3.05, 3.63) is 46.2 Å². The minimum atomic E-state index is 0.545. The minimum absolute atomic E-state index is 0.545. The molecule has 2 heterocycles. The van der Waals surface area contributed by atoms with Crippen molar-refractivity contribution in [1.29, 1.82) is 0 Å².